The first-order valence-electron chi connectivity index (χ1n) is 6.30. The Bertz CT molecular complexity index is 546. The molecule has 0 aliphatic carbocycles. The van der Waals surface area contributed by atoms with E-state index < -0.39 is 9.84 Å². The summed E-state index contributed by atoms with van der Waals surface area (Å²) in [5.74, 6) is 0.917. The number of hydrogen-bond donors (Lipinski definition) is 1. The molecule has 0 spiro atoms. The Morgan fingerprint density at radius 2 is 2.26 bits per heavy atom. The third-order valence-corrected chi connectivity index (χ3v) is 5.30. The molecule has 1 heterocycles. The molecule has 0 saturated heterocycles. The van der Waals surface area contributed by atoms with Gasteiger partial charge in [-0.15, -0.1) is 11.8 Å². The zero-order chi connectivity index (χ0) is 13.9. The predicted molar refractivity (Wildman–Crippen MR) is 76.8 cm³/mol. The van der Waals surface area contributed by atoms with Crippen LogP contribution >= 0.6 is 11.8 Å². The van der Waals surface area contributed by atoms with E-state index in [1.165, 1.54) is 12.3 Å². The van der Waals surface area contributed by atoms with Crippen LogP contribution in [0, 0.1) is 5.82 Å². The minimum absolute atomic E-state index is 0.131. The molecular weight excluding hydrogens is 285 g/mol. The monoisotopic (exact) mass is 303 g/mol. The van der Waals surface area contributed by atoms with Gasteiger partial charge in [0, 0.05) is 17.2 Å². The molecule has 0 bridgehead atoms. The lowest BCUT2D eigenvalue weighted by Crippen LogP contribution is -2.27. The van der Waals surface area contributed by atoms with Gasteiger partial charge in [0.05, 0.1) is 5.75 Å². The van der Waals surface area contributed by atoms with Crippen LogP contribution in [0.15, 0.2) is 23.1 Å². The van der Waals surface area contributed by atoms with Crippen LogP contribution in [0.4, 0.5) is 4.39 Å². The predicted octanol–water partition coefficient (Wildman–Crippen LogP) is 2.39. The van der Waals surface area contributed by atoms with E-state index in [2.05, 4.69) is 5.32 Å². The van der Waals surface area contributed by atoms with Gasteiger partial charge in [0.25, 0.3) is 0 Å². The van der Waals surface area contributed by atoms with Crippen LogP contribution in [0.5, 0.6) is 0 Å². The number of halogens is 1. The van der Waals surface area contributed by atoms with Crippen molar-refractivity contribution in [1.29, 1.82) is 0 Å². The molecule has 1 atom stereocenters. The maximum atomic E-state index is 13.7. The van der Waals surface area contributed by atoms with Crippen molar-refractivity contribution in [1.82, 2.24) is 5.32 Å². The third-order valence-electron chi connectivity index (χ3n) is 3.11. The Labute approximate surface area is 117 Å². The molecule has 0 saturated carbocycles. The van der Waals surface area contributed by atoms with E-state index >= 15 is 0 Å². The average Bonchev–Trinajstić information content (AvgIpc) is 2.34. The lowest BCUT2D eigenvalue weighted by atomic mass is 10.0. The summed E-state index contributed by atoms with van der Waals surface area (Å²) in [4.78, 5) is 0.731. The van der Waals surface area contributed by atoms with Crippen LogP contribution in [-0.4, -0.2) is 32.7 Å². The van der Waals surface area contributed by atoms with Gasteiger partial charge in [0.2, 0.25) is 0 Å². The topological polar surface area (TPSA) is 46.2 Å². The first-order valence-corrected chi connectivity index (χ1v) is 9.34. The Kier molecular flexibility index (Phi) is 4.86. The van der Waals surface area contributed by atoms with Crippen molar-refractivity contribution in [2.45, 2.75) is 23.8 Å². The molecule has 1 aliphatic rings. The summed E-state index contributed by atoms with van der Waals surface area (Å²) in [6.07, 6.45) is 2.78. The number of nitrogens with one attached hydrogen (secondary N) is 1. The molecule has 106 valence electrons. The highest BCUT2D eigenvalue weighted by molar-refractivity contribution is 7.99. The highest BCUT2D eigenvalue weighted by Crippen LogP contribution is 2.37. The van der Waals surface area contributed by atoms with Gasteiger partial charge in [-0.05, 0) is 36.8 Å². The Hall–Kier alpha value is -0.590. The largest absolute Gasteiger partial charge is 0.310 e. The first kappa shape index (κ1) is 14.8. The molecular formula is C13H18FNO2S2. The van der Waals surface area contributed by atoms with E-state index in [0.29, 0.717) is 13.0 Å². The van der Waals surface area contributed by atoms with Gasteiger partial charge in [0.15, 0.2) is 0 Å². The number of thioether (sulfide) groups is 1. The molecule has 19 heavy (non-hydrogen) atoms. The number of sulfone groups is 1. The van der Waals surface area contributed by atoms with Gasteiger partial charge in [-0.1, -0.05) is 12.1 Å². The summed E-state index contributed by atoms with van der Waals surface area (Å²) in [5, 5.41) is 3.33. The SMILES string of the molecule is CS(=O)(=O)CCCNC1CCSc2c(F)cccc21. The van der Waals surface area contributed by atoms with E-state index in [9.17, 15) is 12.8 Å². The van der Waals surface area contributed by atoms with Gasteiger partial charge in [-0.3, -0.25) is 0 Å². The Morgan fingerprint density at radius 3 is 3.00 bits per heavy atom. The smallest absolute Gasteiger partial charge is 0.147 e. The highest BCUT2D eigenvalue weighted by Gasteiger charge is 2.22. The molecule has 0 fully saturated rings. The highest BCUT2D eigenvalue weighted by atomic mass is 32.2. The van der Waals surface area contributed by atoms with E-state index in [0.717, 1.165) is 22.6 Å². The number of fused-ring (bicyclic) bond motifs is 1. The lowest BCUT2D eigenvalue weighted by molar-refractivity contribution is 0.496. The summed E-state index contributed by atoms with van der Waals surface area (Å²) in [5.41, 5.74) is 0.996. The number of hydrogen-bond acceptors (Lipinski definition) is 4. The second kappa shape index (κ2) is 6.24. The lowest BCUT2D eigenvalue weighted by Gasteiger charge is -2.26. The van der Waals surface area contributed by atoms with Crippen molar-refractivity contribution < 1.29 is 12.8 Å². The van der Waals surface area contributed by atoms with Crippen LogP contribution < -0.4 is 5.32 Å². The minimum atomic E-state index is -2.90. The molecule has 1 unspecified atom stereocenters. The fourth-order valence-corrected chi connectivity index (χ4v) is 4.02. The van der Waals surface area contributed by atoms with Crippen LogP contribution in [0.3, 0.4) is 0 Å². The molecule has 1 aromatic rings. The Morgan fingerprint density at radius 1 is 1.47 bits per heavy atom. The van der Waals surface area contributed by atoms with Crippen molar-refractivity contribution in [3.63, 3.8) is 0 Å². The van der Waals surface area contributed by atoms with E-state index in [1.54, 1.807) is 17.8 Å². The molecule has 0 radical (unpaired) electrons. The number of rotatable bonds is 5. The van der Waals surface area contributed by atoms with Crippen molar-refractivity contribution in [3.8, 4) is 0 Å². The number of benzene rings is 1. The van der Waals surface area contributed by atoms with Gasteiger partial charge < -0.3 is 5.32 Å². The van der Waals surface area contributed by atoms with Gasteiger partial charge in [0.1, 0.15) is 15.7 Å². The van der Waals surface area contributed by atoms with Crippen molar-refractivity contribution in [2.75, 3.05) is 24.3 Å². The fraction of sp³-hybridized carbons (Fsp3) is 0.538. The zero-order valence-corrected chi connectivity index (χ0v) is 12.5. The molecule has 1 N–H and O–H groups in total. The van der Waals surface area contributed by atoms with Crippen LogP contribution in [0.25, 0.3) is 0 Å². The van der Waals surface area contributed by atoms with Crippen molar-refractivity contribution in [2.24, 2.45) is 0 Å². The van der Waals surface area contributed by atoms with Gasteiger partial charge in [-0.2, -0.15) is 0 Å². The maximum absolute atomic E-state index is 13.7. The second-order valence-corrected chi connectivity index (χ2v) is 8.15. The summed E-state index contributed by atoms with van der Waals surface area (Å²) < 4.78 is 35.8. The van der Waals surface area contributed by atoms with Crippen molar-refractivity contribution >= 4 is 21.6 Å². The second-order valence-electron chi connectivity index (χ2n) is 4.79. The zero-order valence-electron chi connectivity index (χ0n) is 10.9. The summed E-state index contributed by atoms with van der Waals surface area (Å²) >= 11 is 1.55. The molecule has 0 amide bonds. The fourth-order valence-electron chi connectivity index (χ4n) is 2.21. The summed E-state index contributed by atoms with van der Waals surface area (Å²) in [6.45, 7) is 0.637. The summed E-state index contributed by atoms with van der Waals surface area (Å²) in [7, 11) is -2.90. The first-order chi connectivity index (χ1) is 8.97. The summed E-state index contributed by atoms with van der Waals surface area (Å²) in [6, 6.07) is 5.29. The molecule has 2 rings (SSSR count). The Balaban J connectivity index is 1.95. The van der Waals surface area contributed by atoms with Crippen LogP contribution in [0.2, 0.25) is 0 Å². The van der Waals surface area contributed by atoms with Crippen molar-refractivity contribution in [3.05, 3.63) is 29.6 Å². The van der Waals surface area contributed by atoms with E-state index in [-0.39, 0.29) is 17.6 Å². The van der Waals surface area contributed by atoms with E-state index in [1.807, 2.05) is 6.07 Å². The molecule has 6 heteroatoms. The van der Waals surface area contributed by atoms with Gasteiger partial charge >= 0.3 is 0 Å². The van der Waals surface area contributed by atoms with Gasteiger partial charge in [-0.25, -0.2) is 12.8 Å². The standard InChI is InChI=1S/C13H18FNO2S2/c1-19(16,17)9-3-7-15-12-6-8-18-13-10(12)4-2-5-11(13)14/h2,4-5,12,15H,3,6-9H2,1H3. The molecule has 1 aliphatic heterocycles. The normalized spacial score (nSPS) is 19.2. The minimum Gasteiger partial charge on any atom is -0.310 e. The molecule has 1 aromatic carbocycles. The van der Waals surface area contributed by atoms with E-state index in [4.69, 9.17) is 0 Å². The molecule has 0 aromatic heterocycles. The maximum Gasteiger partial charge on any atom is 0.147 e. The quantitative estimate of drug-likeness (QED) is 0.849. The third kappa shape index (κ3) is 4.19. The van der Waals surface area contributed by atoms with Crippen LogP contribution in [0.1, 0.15) is 24.4 Å². The average molecular weight is 303 g/mol. The molecule has 3 nitrogen and oxygen atoms in total. The van der Waals surface area contributed by atoms with Crippen LogP contribution in [-0.2, 0) is 9.84 Å².